The molecule has 0 aliphatic heterocycles. The predicted octanol–water partition coefficient (Wildman–Crippen LogP) is 3.30. The third-order valence-electron chi connectivity index (χ3n) is 3.33. The summed E-state index contributed by atoms with van der Waals surface area (Å²) in [7, 11) is 0. The van der Waals surface area contributed by atoms with Crippen LogP contribution in [0.3, 0.4) is 0 Å². The molecule has 1 aromatic carbocycles. The molecule has 1 aromatic heterocycles. The van der Waals surface area contributed by atoms with E-state index in [-0.39, 0.29) is 15.7 Å². The van der Waals surface area contributed by atoms with Crippen LogP contribution in [-0.4, -0.2) is 27.6 Å². The van der Waals surface area contributed by atoms with Crippen LogP contribution >= 0.6 is 0 Å². The SMILES string of the molecule is O=C(NO)c1cnc(NCCCCCc2cccc(F)c2)nc1.[HH].[HH].[HH]. The maximum Gasteiger partial charge on any atom is 0.277 e. The summed E-state index contributed by atoms with van der Waals surface area (Å²) >= 11 is 0. The molecule has 0 unspecified atom stereocenters. The number of halogens is 1. The summed E-state index contributed by atoms with van der Waals surface area (Å²) < 4.78 is 13.0. The summed E-state index contributed by atoms with van der Waals surface area (Å²) in [6, 6.07) is 6.67. The third kappa shape index (κ3) is 5.63. The molecule has 0 aliphatic rings. The van der Waals surface area contributed by atoms with Gasteiger partial charge in [-0.25, -0.2) is 19.8 Å². The van der Waals surface area contributed by atoms with Crippen LogP contribution in [0.25, 0.3) is 0 Å². The molecule has 6 nitrogen and oxygen atoms in total. The largest absolute Gasteiger partial charge is 0.354 e. The molecule has 7 heteroatoms. The van der Waals surface area contributed by atoms with Crippen molar-refractivity contribution in [3.63, 3.8) is 0 Å². The average Bonchev–Trinajstić information content (AvgIpc) is 2.58. The molecular weight excluding hydrogens is 299 g/mol. The van der Waals surface area contributed by atoms with Crippen LogP contribution in [0.4, 0.5) is 10.3 Å². The van der Waals surface area contributed by atoms with E-state index < -0.39 is 5.91 Å². The molecule has 0 saturated heterocycles. The molecule has 0 atom stereocenters. The highest BCUT2D eigenvalue weighted by Crippen LogP contribution is 2.09. The van der Waals surface area contributed by atoms with Crippen LogP contribution in [0.15, 0.2) is 36.7 Å². The maximum atomic E-state index is 13.0. The molecule has 0 aliphatic carbocycles. The van der Waals surface area contributed by atoms with Gasteiger partial charge < -0.3 is 5.32 Å². The van der Waals surface area contributed by atoms with Gasteiger partial charge in [0.1, 0.15) is 5.82 Å². The van der Waals surface area contributed by atoms with E-state index in [1.165, 1.54) is 23.9 Å². The number of hydrogen-bond acceptors (Lipinski definition) is 5. The van der Waals surface area contributed by atoms with Crippen LogP contribution in [0, 0.1) is 5.82 Å². The molecule has 0 radical (unpaired) electrons. The molecule has 0 saturated carbocycles. The number of rotatable bonds is 8. The van der Waals surface area contributed by atoms with Crippen LogP contribution < -0.4 is 10.8 Å². The Morgan fingerprint density at radius 1 is 1.22 bits per heavy atom. The minimum absolute atomic E-state index is 0. The van der Waals surface area contributed by atoms with Crippen molar-refractivity contribution in [1.82, 2.24) is 15.4 Å². The van der Waals surface area contributed by atoms with Crippen molar-refractivity contribution in [2.24, 2.45) is 0 Å². The fourth-order valence-corrected chi connectivity index (χ4v) is 2.12. The van der Waals surface area contributed by atoms with Crippen molar-refractivity contribution in [2.45, 2.75) is 25.7 Å². The van der Waals surface area contributed by atoms with Crippen molar-refractivity contribution in [2.75, 3.05) is 11.9 Å². The van der Waals surface area contributed by atoms with E-state index >= 15 is 0 Å². The molecule has 0 spiro atoms. The van der Waals surface area contributed by atoms with Crippen LogP contribution in [0.2, 0.25) is 0 Å². The predicted molar refractivity (Wildman–Crippen MR) is 90.1 cm³/mol. The second-order valence-corrected chi connectivity index (χ2v) is 5.10. The summed E-state index contributed by atoms with van der Waals surface area (Å²) in [5.74, 6) is -0.404. The molecule has 128 valence electrons. The Morgan fingerprint density at radius 2 is 2.00 bits per heavy atom. The van der Waals surface area contributed by atoms with Crippen molar-refractivity contribution >= 4 is 11.9 Å². The van der Waals surface area contributed by atoms with Crippen molar-refractivity contribution in [3.8, 4) is 0 Å². The first-order valence-corrected chi connectivity index (χ1v) is 7.44. The third-order valence-corrected chi connectivity index (χ3v) is 3.33. The summed E-state index contributed by atoms with van der Waals surface area (Å²) in [6.45, 7) is 0.717. The summed E-state index contributed by atoms with van der Waals surface area (Å²) in [5.41, 5.74) is 2.72. The monoisotopic (exact) mass is 324 g/mol. The molecule has 1 heterocycles. The lowest BCUT2D eigenvalue weighted by Crippen LogP contribution is -2.19. The van der Waals surface area contributed by atoms with E-state index in [1.807, 2.05) is 6.07 Å². The van der Waals surface area contributed by atoms with Crippen molar-refractivity contribution < 1.29 is 18.7 Å². The van der Waals surface area contributed by atoms with E-state index in [1.54, 1.807) is 12.1 Å². The number of hydroxylamine groups is 1. The Kier molecular flexibility index (Phi) is 6.43. The summed E-state index contributed by atoms with van der Waals surface area (Å²) in [6.07, 6.45) is 6.47. The van der Waals surface area contributed by atoms with Gasteiger partial charge in [0.25, 0.3) is 5.91 Å². The van der Waals surface area contributed by atoms with Gasteiger partial charge >= 0.3 is 0 Å². The second-order valence-electron chi connectivity index (χ2n) is 5.10. The van der Waals surface area contributed by atoms with Gasteiger partial charge in [-0.1, -0.05) is 18.6 Å². The van der Waals surface area contributed by atoms with Crippen LogP contribution in [0.5, 0.6) is 0 Å². The zero-order valence-corrected chi connectivity index (χ0v) is 12.6. The minimum atomic E-state index is -0.645. The Morgan fingerprint density at radius 3 is 2.70 bits per heavy atom. The van der Waals surface area contributed by atoms with Crippen LogP contribution in [-0.2, 0) is 6.42 Å². The number of benzene rings is 1. The number of aromatic nitrogens is 2. The molecule has 0 bridgehead atoms. The van der Waals surface area contributed by atoms with Crippen LogP contribution in [0.1, 0.15) is 39.5 Å². The molecule has 2 rings (SSSR count). The van der Waals surface area contributed by atoms with Gasteiger partial charge in [-0.05, 0) is 37.0 Å². The van der Waals surface area contributed by atoms with Gasteiger partial charge in [-0.15, -0.1) is 0 Å². The number of carbonyl (C=O) groups excluding carboxylic acids is 1. The fraction of sp³-hybridized carbons (Fsp3) is 0.312. The molecule has 23 heavy (non-hydrogen) atoms. The fourth-order valence-electron chi connectivity index (χ4n) is 2.12. The van der Waals surface area contributed by atoms with Gasteiger partial charge in [-0.3, -0.25) is 10.0 Å². The molecule has 0 fully saturated rings. The lowest BCUT2D eigenvalue weighted by atomic mass is 10.1. The van der Waals surface area contributed by atoms with Gasteiger partial charge in [0.05, 0.1) is 5.56 Å². The number of nitrogens with one attached hydrogen (secondary N) is 2. The van der Waals surface area contributed by atoms with E-state index in [0.29, 0.717) is 12.5 Å². The smallest absolute Gasteiger partial charge is 0.277 e. The van der Waals surface area contributed by atoms with Crippen molar-refractivity contribution in [1.29, 1.82) is 0 Å². The highest BCUT2D eigenvalue weighted by atomic mass is 19.1. The zero-order valence-electron chi connectivity index (χ0n) is 12.6. The Balaban J connectivity index is 0. The number of amides is 1. The number of aryl methyl sites for hydroxylation is 1. The Bertz CT molecular complexity index is 648. The number of hydrogen-bond donors (Lipinski definition) is 3. The quantitative estimate of drug-likeness (QED) is 0.394. The first kappa shape index (κ1) is 16.8. The molecule has 1 amide bonds. The highest BCUT2D eigenvalue weighted by molar-refractivity contribution is 5.92. The standard InChI is InChI=1S/C16H19FN4O2.3H2/c17-14-7-4-6-12(9-14)5-2-1-3-8-18-16-19-10-13(11-20-16)15(22)21-23;;;/h4,6-7,9-11,23H,1-3,5,8H2,(H,21,22)(H,18,19,20);3*1H. The number of unbranched alkanes of at least 4 members (excludes halogenated alkanes) is 2. The Labute approximate surface area is 138 Å². The van der Waals surface area contributed by atoms with Gasteiger partial charge in [0.2, 0.25) is 5.95 Å². The van der Waals surface area contributed by atoms with Crippen molar-refractivity contribution in [3.05, 3.63) is 53.6 Å². The molecule has 2 aromatic rings. The van der Waals surface area contributed by atoms with E-state index in [9.17, 15) is 9.18 Å². The number of nitrogens with zero attached hydrogens (tertiary/aromatic N) is 2. The minimum Gasteiger partial charge on any atom is -0.354 e. The number of anilines is 1. The zero-order chi connectivity index (χ0) is 16.5. The second kappa shape index (κ2) is 8.79. The van der Waals surface area contributed by atoms with Gasteiger partial charge in [0, 0.05) is 23.2 Å². The Hall–Kier alpha value is -2.54. The van der Waals surface area contributed by atoms with E-state index in [0.717, 1.165) is 31.2 Å². The van der Waals surface area contributed by atoms with E-state index in [4.69, 9.17) is 5.21 Å². The molecule has 3 N–H and O–H groups in total. The summed E-state index contributed by atoms with van der Waals surface area (Å²) in [5, 5.41) is 11.5. The maximum absolute atomic E-state index is 13.0. The highest BCUT2D eigenvalue weighted by Gasteiger charge is 2.05. The summed E-state index contributed by atoms with van der Waals surface area (Å²) in [4.78, 5) is 19.1. The first-order valence-electron chi connectivity index (χ1n) is 7.44. The number of carbonyl (C=O) groups is 1. The normalized spacial score (nSPS) is 10.3. The topological polar surface area (TPSA) is 87.1 Å². The average molecular weight is 324 g/mol. The van der Waals surface area contributed by atoms with E-state index in [2.05, 4.69) is 15.3 Å². The first-order chi connectivity index (χ1) is 11.2. The lowest BCUT2D eigenvalue weighted by Gasteiger charge is -2.05. The lowest BCUT2D eigenvalue weighted by molar-refractivity contribution is 0.0705. The van der Waals surface area contributed by atoms with Gasteiger partial charge in [-0.2, -0.15) is 0 Å². The van der Waals surface area contributed by atoms with Gasteiger partial charge in [0.15, 0.2) is 0 Å². The molecular formula is C16H25FN4O2.